The van der Waals surface area contributed by atoms with Crippen LogP contribution in [0.4, 0.5) is 51.2 Å². The number of nitrogens with zero attached hydrogens (tertiary/aromatic N) is 3. The summed E-state index contributed by atoms with van der Waals surface area (Å²) < 4.78 is 26.2. The van der Waals surface area contributed by atoms with Crippen LogP contribution < -0.4 is 31.0 Å². The summed E-state index contributed by atoms with van der Waals surface area (Å²) in [5.74, 6) is 0. The molecule has 0 saturated carbocycles. The third-order valence-electron chi connectivity index (χ3n) is 18.0. The Morgan fingerprint density at radius 2 is 0.643 bits per heavy atom. The Kier molecular flexibility index (Phi) is 18.5. The second-order valence-electron chi connectivity index (χ2n) is 24.8. The molecule has 0 amide bonds. The highest BCUT2D eigenvalue weighted by atomic mass is 79.9. The number of hydrogen-bond acceptors (Lipinski definition) is 9. The Morgan fingerprint density at radius 3 is 1.07 bits per heavy atom. The first-order chi connectivity index (χ1) is 47.7. The van der Waals surface area contributed by atoms with E-state index in [0.29, 0.717) is 43.9 Å². The molecule has 1 aliphatic heterocycles. The summed E-state index contributed by atoms with van der Waals surface area (Å²) >= 11 is 6.74. The van der Waals surface area contributed by atoms with Crippen molar-refractivity contribution in [1.82, 2.24) is 0 Å². The molecule has 13 aromatic carbocycles. The standard InChI is InChI=1S/C49H34N2O2.C24H26BNO2.C13H6Br2O2/c52-49-45-33-28-37(35-24-29-42(30-25-35)50(38-14-5-1-6-15-38)39-16-7-2-8-17-39)34-47(45)53-46-23-13-22-44(48(46)49)36-26-31-43(32-27-36)51(40-18-9-3-10-19-40)41-20-11-4-12-21-41;1-23(2)24(3,4)28-25(27-23)19-15-17-22(18-16-19)26(20-11-7-5-8-12-20)21-13-9-6-10-14-21;14-7-4-5-8-11(6-7)17-10-3-1-2-9(15)12(10)13(8)16/h1-34H;5-18H,1-4H3;1-6H. The van der Waals surface area contributed by atoms with Crippen molar-refractivity contribution >= 4 is 140 Å². The van der Waals surface area contributed by atoms with Crippen LogP contribution in [0.3, 0.4) is 0 Å². The molecular formula is C86H66BBr2N3O6. The van der Waals surface area contributed by atoms with E-state index in [9.17, 15) is 9.59 Å². The fourth-order valence-electron chi connectivity index (χ4n) is 12.3. The molecule has 3 heterocycles. The van der Waals surface area contributed by atoms with Crippen molar-refractivity contribution < 1.29 is 18.1 Å². The van der Waals surface area contributed by atoms with Gasteiger partial charge in [0.1, 0.15) is 22.3 Å². The number of fused-ring (bicyclic) bond motifs is 4. The minimum Gasteiger partial charge on any atom is -0.456 e. The fraction of sp³-hybridized carbons (Fsp3) is 0.0698. The van der Waals surface area contributed by atoms with Gasteiger partial charge >= 0.3 is 7.12 Å². The van der Waals surface area contributed by atoms with E-state index in [1.54, 1.807) is 18.2 Å². The third kappa shape index (κ3) is 13.4. The maximum atomic E-state index is 14.2. The number of anilines is 9. The Balaban J connectivity index is 0.000000150. The first-order valence-electron chi connectivity index (χ1n) is 32.4. The van der Waals surface area contributed by atoms with Crippen LogP contribution in [-0.2, 0) is 9.31 Å². The number of halogens is 2. The summed E-state index contributed by atoms with van der Waals surface area (Å²) in [6, 6.07) is 110. The van der Waals surface area contributed by atoms with Crippen molar-refractivity contribution in [1.29, 1.82) is 0 Å². The van der Waals surface area contributed by atoms with Crippen LogP contribution in [0.5, 0.6) is 0 Å². The van der Waals surface area contributed by atoms with Crippen LogP contribution in [0.1, 0.15) is 27.7 Å². The van der Waals surface area contributed by atoms with E-state index in [0.717, 1.165) is 87.8 Å². The lowest BCUT2D eigenvalue weighted by molar-refractivity contribution is 0.00578. The number of benzene rings is 13. The van der Waals surface area contributed by atoms with E-state index in [1.165, 1.54) is 0 Å². The molecule has 0 unspecified atom stereocenters. The first kappa shape index (κ1) is 64.5. The van der Waals surface area contributed by atoms with Crippen molar-refractivity contribution in [3.63, 3.8) is 0 Å². The average molecular weight is 1410 g/mol. The van der Waals surface area contributed by atoms with E-state index in [2.05, 4.69) is 268 Å². The highest BCUT2D eigenvalue weighted by Gasteiger charge is 2.51. The molecule has 16 rings (SSSR count). The van der Waals surface area contributed by atoms with Gasteiger partial charge in [-0.15, -0.1) is 0 Å². The lowest BCUT2D eigenvalue weighted by Gasteiger charge is -2.32. The van der Waals surface area contributed by atoms with Gasteiger partial charge < -0.3 is 32.8 Å². The minimum absolute atomic E-state index is 0.0128. The molecule has 1 aliphatic rings. The van der Waals surface area contributed by atoms with Crippen LogP contribution in [0.15, 0.2) is 355 Å². The monoisotopic (exact) mass is 1410 g/mol. The van der Waals surface area contributed by atoms with Crippen LogP contribution in [-0.4, -0.2) is 18.3 Å². The first-order valence-corrected chi connectivity index (χ1v) is 34.0. The van der Waals surface area contributed by atoms with Gasteiger partial charge in [0.15, 0.2) is 0 Å². The van der Waals surface area contributed by atoms with E-state index in [-0.39, 0.29) is 29.2 Å². The van der Waals surface area contributed by atoms with Crippen LogP contribution in [0.2, 0.25) is 0 Å². The van der Waals surface area contributed by atoms with Crippen molar-refractivity contribution in [3.05, 3.63) is 357 Å². The maximum absolute atomic E-state index is 14.2. The zero-order valence-corrected chi connectivity index (χ0v) is 57.5. The Labute approximate surface area is 586 Å². The molecule has 0 N–H and O–H groups in total. The Bertz CT molecular complexity index is 5270. The Hall–Kier alpha value is -10.9. The zero-order chi connectivity index (χ0) is 67.3. The van der Waals surface area contributed by atoms with Crippen molar-refractivity contribution in [2.75, 3.05) is 14.7 Å². The highest BCUT2D eigenvalue weighted by Crippen LogP contribution is 2.41. The molecule has 478 valence electrons. The second-order valence-corrected chi connectivity index (χ2v) is 26.6. The predicted molar refractivity (Wildman–Crippen MR) is 412 cm³/mol. The molecule has 0 radical (unpaired) electrons. The van der Waals surface area contributed by atoms with Gasteiger partial charge in [-0.3, -0.25) is 9.59 Å². The molecule has 0 spiro atoms. The van der Waals surface area contributed by atoms with Gasteiger partial charge in [0, 0.05) is 60.1 Å². The molecule has 12 heteroatoms. The third-order valence-corrected chi connectivity index (χ3v) is 19.1. The molecule has 2 aromatic heterocycles. The summed E-state index contributed by atoms with van der Waals surface area (Å²) in [4.78, 5) is 33.2. The van der Waals surface area contributed by atoms with Gasteiger partial charge in [0.25, 0.3) is 0 Å². The molecule has 15 aromatic rings. The molecule has 0 bridgehead atoms. The molecule has 0 atom stereocenters. The van der Waals surface area contributed by atoms with E-state index < -0.39 is 0 Å². The van der Waals surface area contributed by atoms with Gasteiger partial charge in [-0.05, 0) is 229 Å². The van der Waals surface area contributed by atoms with Gasteiger partial charge in [0.05, 0.1) is 32.7 Å². The van der Waals surface area contributed by atoms with Gasteiger partial charge in [-0.1, -0.05) is 186 Å². The normalized spacial score (nSPS) is 12.9. The van der Waals surface area contributed by atoms with Crippen molar-refractivity contribution in [2.45, 2.75) is 38.9 Å². The average Bonchev–Trinajstić information content (AvgIpc) is 1.23. The lowest BCUT2D eigenvalue weighted by Crippen LogP contribution is -2.41. The number of hydrogen-bond donors (Lipinski definition) is 0. The maximum Gasteiger partial charge on any atom is 0.494 e. The lowest BCUT2D eigenvalue weighted by atomic mass is 9.79. The predicted octanol–water partition coefficient (Wildman–Crippen LogP) is 23.1. The zero-order valence-electron chi connectivity index (χ0n) is 54.3. The van der Waals surface area contributed by atoms with Crippen molar-refractivity contribution in [3.8, 4) is 22.3 Å². The largest absolute Gasteiger partial charge is 0.494 e. The summed E-state index contributed by atoms with van der Waals surface area (Å²) in [6.45, 7) is 8.31. The summed E-state index contributed by atoms with van der Waals surface area (Å²) in [5.41, 5.74) is 16.1. The molecule has 0 aliphatic carbocycles. The van der Waals surface area contributed by atoms with Gasteiger partial charge in [-0.25, -0.2) is 0 Å². The van der Waals surface area contributed by atoms with Gasteiger partial charge in [0.2, 0.25) is 10.9 Å². The highest BCUT2D eigenvalue weighted by molar-refractivity contribution is 9.11. The minimum atomic E-state index is -0.346. The van der Waals surface area contributed by atoms with Gasteiger partial charge in [-0.2, -0.15) is 0 Å². The van der Waals surface area contributed by atoms with E-state index in [1.807, 2.05) is 115 Å². The van der Waals surface area contributed by atoms with E-state index in [4.69, 9.17) is 18.1 Å². The Morgan fingerprint density at radius 1 is 0.306 bits per heavy atom. The second kappa shape index (κ2) is 28.1. The number of rotatable bonds is 12. The summed E-state index contributed by atoms with van der Waals surface area (Å²) in [7, 11) is -0.346. The SMILES string of the molecule is CC1(C)OB(c2ccc(N(c3ccccc3)c3ccccc3)cc2)OC1(C)C.O=c1c2ccc(-c3ccc(N(c4ccccc4)c4ccccc4)cc3)cc2oc2cccc(-c3ccc(N(c4ccccc4)c4ccccc4)cc3)c12.O=c1c2ccc(Br)cc2oc2cccc(Br)c12. The molecule has 98 heavy (non-hydrogen) atoms. The number of para-hydroxylation sites is 6. The van der Waals surface area contributed by atoms with Crippen molar-refractivity contribution in [2.24, 2.45) is 0 Å². The molecular weight excluding hydrogens is 1340 g/mol. The van der Waals surface area contributed by atoms with Crippen LogP contribution in [0, 0.1) is 0 Å². The quantitative estimate of drug-likeness (QED) is 0.0876. The molecule has 1 saturated heterocycles. The summed E-state index contributed by atoms with van der Waals surface area (Å²) in [6.07, 6.45) is 0. The fourth-order valence-corrected chi connectivity index (χ4v) is 13.2. The topological polar surface area (TPSA) is 88.6 Å². The van der Waals surface area contributed by atoms with Crippen LogP contribution in [0.25, 0.3) is 66.1 Å². The van der Waals surface area contributed by atoms with Crippen LogP contribution >= 0.6 is 31.9 Å². The molecule has 1 fully saturated rings. The summed E-state index contributed by atoms with van der Waals surface area (Å²) in [5, 5.41) is 2.31. The van der Waals surface area contributed by atoms with E-state index >= 15 is 0 Å². The smallest absolute Gasteiger partial charge is 0.456 e. The molecule has 9 nitrogen and oxygen atoms in total.